The van der Waals surface area contributed by atoms with Gasteiger partial charge in [0.2, 0.25) is 0 Å². The predicted octanol–water partition coefficient (Wildman–Crippen LogP) is 3.06. The van der Waals surface area contributed by atoms with E-state index in [4.69, 9.17) is 5.11 Å². The zero-order chi connectivity index (χ0) is 13.3. The number of nitrogens with zero attached hydrogens (tertiary/aromatic N) is 1. The first-order chi connectivity index (χ1) is 9.22. The number of rotatable bonds is 3. The minimum atomic E-state index is -1.37. The summed E-state index contributed by atoms with van der Waals surface area (Å²) in [6.07, 6.45) is 4.69. The van der Waals surface area contributed by atoms with E-state index in [2.05, 4.69) is 23.1 Å². The van der Waals surface area contributed by atoms with E-state index in [1.165, 1.54) is 30.5 Å². The zero-order valence-corrected chi connectivity index (χ0v) is 11.2. The third kappa shape index (κ3) is 2.48. The molecule has 1 radical (unpaired) electrons. The summed E-state index contributed by atoms with van der Waals surface area (Å²) >= 11 is 0. The molecule has 0 spiro atoms. The van der Waals surface area contributed by atoms with Gasteiger partial charge < -0.3 is 10.0 Å². The Morgan fingerprint density at radius 3 is 2.68 bits per heavy atom. The third-order valence-corrected chi connectivity index (χ3v) is 4.70. The molecular formula is C16H21FNO. The number of piperidine rings is 1. The van der Waals surface area contributed by atoms with Crippen molar-refractivity contribution in [3.63, 3.8) is 0 Å². The summed E-state index contributed by atoms with van der Waals surface area (Å²) in [5.74, 6) is 0.669. The largest absolute Gasteiger partial charge is 0.393 e. The van der Waals surface area contributed by atoms with Crippen molar-refractivity contribution in [3.05, 3.63) is 29.8 Å². The van der Waals surface area contributed by atoms with E-state index in [0.717, 1.165) is 0 Å². The van der Waals surface area contributed by atoms with Crippen LogP contribution < -0.4 is 4.90 Å². The minimum absolute atomic E-state index is 0.348. The first-order valence-electron chi connectivity index (χ1n) is 7.27. The smallest absolute Gasteiger partial charge is 0.137 e. The van der Waals surface area contributed by atoms with Gasteiger partial charge in [-0.15, -0.1) is 0 Å². The van der Waals surface area contributed by atoms with Crippen LogP contribution in [-0.2, 0) is 0 Å². The van der Waals surface area contributed by atoms with Crippen molar-refractivity contribution >= 4 is 5.69 Å². The molecule has 3 rings (SSSR count). The predicted molar refractivity (Wildman–Crippen MR) is 74.2 cm³/mol. The van der Waals surface area contributed by atoms with Crippen LogP contribution >= 0.6 is 0 Å². The lowest BCUT2D eigenvalue weighted by Gasteiger charge is -2.39. The molecule has 1 saturated carbocycles. The van der Waals surface area contributed by atoms with Crippen molar-refractivity contribution in [1.82, 2.24) is 0 Å². The molecular weight excluding hydrogens is 241 g/mol. The van der Waals surface area contributed by atoms with Gasteiger partial charge in [0.15, 0.2) is 0 Å². The molecule has 2 aliphatic rings. The van der Waals surface area contributed by atoms with E-state index < -0.39 is 5.67 Å². The van der Waals surface area contributed by atoms with Crippen molar-refractivity contribution in [2.75, 3.05) is 24.6 Å². The van der Waals surface area contributed by atoms with Crippen LogP contribution in [0, 0.1) is 6.07 Å². The molecule has 1 aromatic carbocycles. The Bertz CT molecular complexity index is 436. The third-order valence-electron chi connectivity index (χ3n) is 4.70. The summed E-state index contributed by atoms with van der Waals surface area (Å²) in [5.41, 5.74) is 1.26. The van der Waals surface area contributed by atoms with Crippen molar-refractivity contribution in [3.8, 4) is 0 Å². The molecule has 103 valence electrons. The van der Waals surface area contributed by atoms with E-state index in [1.807, 2.05) is 6.07 Å². The van der Waals surface area contributed by atoms with Gasteiger partial charge in [-0.3, -0.25) is 0 Å². The number of hydrogen-bond donors (Lipinski definition) is 1. The summed E-state index contributed by atoms with van der Waals surface area (Å²) in [5, 5.41) is 9.10. The minimum Gasteiger partial charge on any atom is -0.393 e. The highest BCUT2D eigenvalue weighted by atomic mass is 19.1. The fraction of sp³-hybridized carbons (Fsp3) is 0.625. The van der Waals surface area contributed by atoms with Gasteiger partial charge in [0.1, 0.15) is 5.67 Å². The molecule has 2 fully saturated rings. The van der Waals surface area contributed by atoms with Crippen molar-refractivity contribution < 1.29 is 9.50 Å². The van der Waals surface area contributed by atoms with Crippen LogP contribution in [0.4, 0.5) is 10.1 Å². The lowest BCUT2D eigenvalue weighted by atomic mass is 9.79. The fourth-order valence-corrected chi connectivity index (χ4v) is 3.08. The molecule has 0 bridgehead atoms. The second-order valence-corrected chi connectivity index (χ2v) is 5.91. The Hall–Kier alpha value is -1.09. The average Bonchev–Trinajstić information content (AvgIpc) is 2.39. The highest BCUT2D eigenvalue weighted by molar-refractivity contribution is 5.55. The quantitative estimate of drug-likeness (QED) is 0.905. The summed E-state index contributed by atoms with van der Waals surface area (Å²) in [6, 6.07) is 9.33. The molecule has 2 nitrogen and oxygen atoms in total. The van der Waals surface area contributed by atoms with Crippen molar-refractivity contribution in [2.24, 2.45) is 0 Å². The van der Waals surface area contributed by atoms with E-state index in [-0.39, 0.29) is 6.61 Å². The maximum absolute atomic E-state index is 14.0. The van der Waals surface area contributed by atoms with Gasteiger partial charge in [0.05, 0.1) is 6.61 Å². The monoisotopic (exact) mass is 262 g/mol. The summed E-state index contributed by atoms with van der Waals surface area (Å²) in [6.45, 7) is 1.04. The van der Waals surface area contributed by atoms with Gasteiger partial charge >= 0.3 is 0 Å². The SMILES string of the molecule is OCC1(F)CCN(c2cc[c]cc2C2CCC2)CC1. The number of aliphatic hydroxyl groups excluding tert-OH is 1. The molecule has 0 aromatic heterocycles. The van der Waals surface area contributed by atoms with Crippen LogP contribution in [0.2, 0.25) is 0 Å². The topological polar surface area (TPSA) is 23.5 Å². The first-order valence-corrected chi connectivity index (χ1v) is 7.27. The van der Waals surface area contributed by atoms with E-state index in [1.54, 1.807) is 0 Å². The number of benzene rings is 1. The Labute approximate surface area is 114 Å². The Morgan fingerprint density at radius 1 is 1.37 bits per heavy atom. The molecule has 1 aromatic rings. The summed E-state index contributed by atoms with van der Waals surface area (Å²) in [4.78, 5) is 2.27. The standard InChI is InChI=1S/C16H21FNO/c17-16(12-19)8-10-18(11-9-16)15-7-2-1-6-14(15)13-4-3-5-13/h2,6-7,13,19H,3-5,8-12H2. The van der Waals surface area contributed by atoms with Crippen LogP contribution in [-0.4, -0.2) is 30.5 Å². The van der Waals surface area contributed by atoms with Crippen LogP contribution in [0.25, 0.3) is 0 Å². The van der Waals surface area contributed by atoms with Gasteiger partial charge in [0.25, 0.3) is 0 Å². The van der Waals surface area contributed by atoms with Crippen LogP contribution in [0.1, 0.15) is 43.6 Å². The van der Waals surface area contributed by atoms with Crippen LogP contribution in [0.15, 0.2) is 18.2 Å². The number of alkyl halides is 1. The van der Waals surface area contributed by atoms with Gasteiger partial charge in [-0.2, -0.15) is 0 Å². The molecule has 19 heavy (non-hydrogen) atoms. The molecule has 1 heterocycles. The normalized spacial score (nSPS) is 23.2. The average molecular weight is 262 g/mol. The molecule has 1 saturated heterocycles. The Balaban J connectivity index is 1.76. The van der Waals surface area contributed by atoms with Gasteiger partial charge in [0, 0.05) is 31.6 Å². The van der Waals surface area contributed by atoms with Crippen molar-refractivity contribution in [2.45, 2.75) is 43.7 Å². The first kappa shape index (κ1) is 12.9. The van der Waals surface area contributed by atoms with Crippen LogP contribution in [0.3, 0.4) is 0 Å². The van der Waals surface area contributed by atoms with Crippen molar-refractivity contribution in [1.29, 1.82) is 0 Å². The zero-order valence-electron chi connectivity index (χ0n) is 11.2. The number of hydrogen-bond acceptors (Lipinski definition) is 2. The molecule has 1 aliphatic heterocycles. The molecule has 3 heteroatoms. The number of aliphatic hydroxyl groups is 1. The Morgan fingerprint density at radius 2 is 2.11 bits per heavy atom. The second-order valence-electron chi connectivity index (χ2n) is 5.91. The van der Waals surface area contributed by atoms with Gasteiger partial charge in [-0.05, 0) is 42.5 Å². The number of anilines is 1. The van der Waals surface area contributed by atoms with Gasteiger partial charge in [-0.25, -0.2) is 4.39 Å². The molecule has 0 unspecified atom stereocenters. The molecule has 0 amide bonds. The highest BCUT2D eigenvalue weighted by Gasteiger charge is 2.35. The maximum Gasteiger partial charge on any atom is 0.137 e. The maximum atomic E-state index is 14.0. The van der Waals surface area contributed by atoms with E-state index in [9.17, 15) is 4.39 Å². The summed E-state index contributed by atoms with van der Waals surface area (Å²) in [7, 11) is 0. The van der Waals surface area contributed by atoms with E-state index >= 15 is 0 Å². The van der Waals surface area contributed by atoms with E-state index in [0.29, 0.717) is 31.8 Å². The Kier molecular flexibility index (Phi) is 3.48. The summed E-state index contributed by atoms with van der Waals surface area (Å²) < 4.78 is 14.0. The lowest BCUT2D eigenvalue weighted by Crippen LogP contribution is -2.44. The van der Waals surface area contributed by atoms with Gasteiger partial charge in [-0.1, -0.05) is 12.5 Å². The molecule has 0 atom stereocenters. The lowest BCUT2D eigenvalue weighted by molar-refractivity contribution is 0.0481. The fourth-order valence-electron chi connectivity index (χ4n) is 3.08. The highest BCUT2D eigenvalue weighted by Crippen LogP contribution is 2.41. The molecule has 1 N–H and O–H groups in total. The number of halogens is 1. The van der Waals surface area contributed by atoms with Crippen LogP contribution in [0.5, 0.6) is 0 Å². The molecule has 1 aliphatic carbocycles. The second kappa shape index (κ2) is 5.12.